The molecule has 6 nitrogen and oxygen atoms in total. The van der Waals surface area contributed by atoms with E-state index in [1.54, 1.807) is 11.3 Å². The minimum absolute atomic E-state index is 0.0308. The molecule has 1 aromatic carbocycles. The molecule has 26 heavy (non-hydrogen) atoms. The largest absolute Gasteiger partial charge is 0.373 e. The number of amides is 2. The van der Waals surface area contributed by atoms with E-state index in [9.17, 15) is 4.79 Å². The SMILES string of the molecule is O=C(NC[C@@H]1CCO[C@H]1c1ccccc1)Nc1nnc(-c2ccsc2)s1. The number of ether oxygens (including phenoxy) is 1. The summed E-state index contributed by atoms with van der Waals surface area (Å²) in [7, 11) is 0. The number of hydrogen-bond acceptors (Lipinski definition) is 6. The highest BCUT2D eigenvalue weighted by atomic mass is 32.1. The van der Waals surface area contributed by atoms with Crippen molar-refractivity contribution < 1.29 is 9.53 Å². The summed E-state index contributed by atoms with van der Waals surface area (Å²) in [5.41, 5.74) is 2.18. The molecule has 2 amide bonds. The Kier molecular flexibility index (Phi) is 5.24. The lowest BCUT2D eigenvalue weighted by Gasteiger charge is -2.19. The zero-order chi connectivity index (χ0) is 17.8. The Bertz CT molecular complexity index is 851. The number of benzene rings is 1. The Hall–Kier alpha value is -2.29. The second-order valence-electron chi connectivity index (χ2n) is 6.01. The monoisotopic (exact) mass is 386 g/mol. The number of anilines is 1. The molecular formula is C18H18N4O2S2. The average molecular weight is 387 g/mol. The van der Waals surface area contributed by atoms with Crippen molar-refractivity contribution in [1.29, 1.82) is 0 Å². The molecule has 3 aromatic rings. The van der Waals surface area contributed by atoms with Crippen molar-refractivity contribution in [3.63, 3.8) is 0 Å². The molecule has 0 spiro atoms. The summed E-state index contributed by atoms with van der Waals surface area (Å²) < 4.78 is 5.86. The maximum absolute atomic E-state index is 12.2. The van der Waals surface area contributed by atoms with Crippen molar-refractivity contribution in [1.82, 2.24) is 15.5 Å². The van der Waals surface area contributed by atoms with Crippen LogP contribution in [0, 0.1) is 5.92 Å². The molecule has 0 unspecified atom stereocenters. The van der Waals surface area contributed by atoms with Gasteiger partial charge in [0, 0.05) is 30.0 Å². The van der Waals surface area contributed by atoms with E-state index in [2.05, 4.69) is 33.0 Å². The fraction of sp³-hybridized carbons (Fsp3) is 0.278. The Morgan fingerprint density at radius 2 is 2.12 bits per heavy atom. The van der Waals surface area contributed by atoms with Crippen molar-refractivity contribution in [2.24, 2.45) is 5.92 Å². The summed E-state index contributed by atoms with van der Waals surface area (Å²) in [6.07, 6.45) is 0.962. The average Bonchev–Trinajstić information content (AvgIpc) is 3.41. The van der Waals surface area contributed by atoms with Crippen molar-refractivity contribution in [2.75, 3.05) is 18.5 Å². The van der Waals surface area contributed by atoms with Crippen molar-refractivity contribution in [2.45, 2.75) is 12.5 Å². The van der Waals surface area contributed by atoms with Crippen molar-refractivity contribution in [3.05, 3.63) is 52.7 Å². The molecule has 2 N–H and O–H groups in total. The summed E-state index contributed by atoms with van der Waals surface area (Å²) in [6.45, 7) is 1.27. The van der Waals surface area contributed by atoms with Crippen LogP contribution < -0.4 is 10.6 Å². The van der Waals surface area contributed by atoms with Gasteiger partial charge in [-0.25, -0.2) is 4.79 Å². The first-order valence-corrected chi connectivity index (χ1v) is 10.1. The van der Waals surface area contributed by atoms with Crippen LogP contribution in [0.4, 0.5) is 9.93 Å². The Labute approximate surface area is 159 Å². The molecule has 1 aliphatic rings. The van der Waals surface area contributed by atoms with Crippen LogP contribution in [-0.4, -0.2) is 29.4 Å². The highest BCUT2D eigenvalue weighted by Crippen LogP contribution is 2.34. The predicted octanol–water partition coefficient (Wildman–Crippen LogP) is 4.17. The van der Waals surface area contributed by atoms with Gasteiger partial charge in [-0.3, -0.25) is 5.32 Å². The van der Waals surface area contributed by atoms with E-state index in [0.29, 0.717) is 18.3 Å². The molecular weight excluding hydrogens is 368 g/mol. The number of nitrogens with one attached hydrogen (secondary N) is 2. The van der Waals surface area contributed by atoms with E-state index < -0.39 is 0 Å². The molecule has 4 rings (SSSR count). The first-order chi connectivity index (χ1) is 12.8. The van der Waals surface area contributed by atoms with E-state index in [-0.39, 0.29) is 18.1 Å². The molecule has 3 heterocycles. The van der Waals surface area contributed by atoms with Gasteiger partial charge in [0.2, 0.25) is 5.13 Å². The third-order valence-corrected chi connectivity index (χ3v) is 5.85. The fourth-order valence-electron chi connectivity index (χ4n) is 3.00. The quantitative estimate of drug-likeness (QED) is 0.690. The van der Waals surface area contributed by atoms with Crippen LogP contribution in [0.15, 0.2) is 47.2 Å². The molecule has 0 aliphatic carbocycles. The second-order valence-corrected chi connectivity index (χ2v) is 7.77. The highest BCUT2D eigenvalue weighted by molar-refractivity contribution is 7.19. The van der Waals surface area contributed by atoms with E-state index in [1.165, 1.54) is 11.3 Å². The first kappa shape index (κ1) is 17.1. The number of aromatic nitrogens is 2. The lowest BCUT2D eigenvalue weighted by atomic mass is 9.95. The summed E-state index contributed by atoms with van der Waals surface area (Å²) in [6, 6.07) is 11.9. The smallest absolute Gasteiger partial charge is 0.321 e. The van der Waals surface area contributed by atoms with E-state index in [0.717, 1.165) is 22.6 Å². The van der Waals surface area contributed by atoms with Gasteiger partial charge in [0.1, 0.15) is 5.01 Å². The summed E-state index contributed by atoms with van der Waals surface area (Å²) in [5.74, 6) is 0.263. The van der Waals surface area contributed by atoms with Crippen molar-refractivity contribution in [3.8, 4) is 10.6 Å². The molecule has 0 bridgehead atoms. The lowest BCUT2D eigenvalue weighted by Crippen LogP contribution is -2.33. The van der Waals surface area contributed by atoms with Crippen LogP contribution in [0.5, 0.6) is 0 Å². The van der Waals surface area contributed by atoms with Crippen LogP contribution in [0.1, 0.15) is 18.1 Å². The van der Waals surface area contributed by atoms with Gasteiger partial charge in [-0.1, -0.05) is 41.7 Å². The van der Waals surface area contributed by atoms with Gasteiger partial charge in [0.25, 0.3) is 0 Å². The van der Waals surface area contributed by atoms with Gasteiger partial charge in [-0.05, 0) is 23.4 Å². The summed E-state index contributed by atoms with van der Waals surface area (Å²) in [4.78, 5) is 12.2. The van der Waals surface area contributed by atoms with Gasteiger partial charge in [0.15, 0.2) is 0 Å². The molecule has 0 radical (unpaired) electrons. The fourth-order valence-corrected chi connectivity index (χ4v) is 4.45. The minimum Gasteiger partial charge on any atom is -0.373 e. The number of urea groups is 1. The lowest BCUT2D eigenvalue weighted by molar-refractivity contribution is 0.0911. The normalized spacial score (nSPS) is 19.4. The highest BCUT2D eigenvalue weighted by Gasteiger charge is 2.29. The third-order valence-electron chi connectivity index (χ3n) is 4.28. The van der Waals surface area contributed by atoms with Gasteiger partial charge in [-0.15, -0.1) is 10.2 Å². The molecule has 2 atom stereocenters. The standard InChI is InChI=1S/C18H18N4O2S2/c23-17(20-18-22-21-16(26-18)14-7-9-25-11-14)19-10-13-6-8-24-15(13)12-4-2-1-3-5-12/h1-5,7,9,11,13,15H,6,8,10H2,(H2,19,20,22,23)/t13-,15-/m0/s1. The molecule has 134 valence electrons. The van der Waals surface area contributed by atoms with Crippen LogP contribution in [0.2, 0.25) is 0 Å². The predicted molar refractivity (Wildman–Crippen MR) is 103 cm³/mol. The minimum atomic E-state index is -0.267. The van der Waals surface area contributed by atoms with E-state index >= 15 is 0 Å². The van der Waals surface area contributed by atoms with Crippen LogP contribution in [-0.2, 0) is 4.74 Å². The maximum Gasteiger partial charge on any atom is 0.321 e. The summed E-state index contributed by atoms with van der Waals surface area (Å²) in [5, 5.41) is 19.1. The summed E-state index contributed by atoms with van der Waals surface area (Å²) >= 11 is 2.97. The zero-order valence-electron chi connectivity index (χ0n) is 13.9. The van der Waals surface area contributed by atoms with Crippen LogP contribution in [0.25, 0.3) is 10.6 Å². The molecule has 1 aliphatic heterocycles. The second kappa shape index (κ2) is 7.94. The van der Waals surface area contributed by atoms with Gasteiger partial charge in [0.05, 0.1) is 6.10 Å². The number of carbonyl (C=O) groups is 1. The Morgan fingerprint density at radius 1 is 1.23 bits per heavy atom. The maximum atomic E-state index is 12.2. The molecule has 1 saturated heterocycles. The number of nitrogens with zero attached hydrogens (tertiary/aromatic N) is 2. The third kappa shape index (κ3) is 3.92. The van der Waals surface area contributed by atoms with Crippen molar-refractivity contribution >= 4 is 33.8 Å². The number of thiophene rings is 1. The van der Waals surface area contributed by atoms with E-state index in [1.807, 2.05) is 35.0 Å². The molecule has 0 saturated carbocycles. The van der Waals surface area contributed by atoms with Gasteiger partial charge >= 0.3 is 6.03 Å². The number of carbonyl (C=O) groups excluding carboxylic acids is 1. The number of hydrogen-bond donors (Lipinski definition) is 2. The van der Waals surface area contributed by atoms with Crippen LogP contribution >= 0.6 is 22.7 Å². The number of rotatable bonds is 5. The van der Waals surface area contributed by atoms with Crippen LogP contribution in [0.3, 0.4) is 0 Å². The zero-order valence-corrected chi connectivity index (χ0v) is 15.6. The molecule has 8 heteroatoms. The van der Waals surface area contributed by atoms with E-state index in [4.69, 9.17) is 4.74 Å². The first-order valence-electron chi connectivity index (χ1n) is 8.37. The molecule has 1 fully saturated rings. The Morgan fingerprint density at radius 3 is 2.92 bits per heavy atom. The van der Waals surface area contributed by atoms with Gasteiger partial charge < -0.3 is 10.1 Å². The Balaban J connectivity index is 1.31. The molecule has 2 aromatic heterocycles. The topological polar surface area (TPSA) is 76.1 Å². The van der Waals surface area contributed by atoms with Gasteiger partial charge in [-0.2, -0.15) is 11.3 Å².